The zero-order valence-corrected chi connectivity index (χ0v) is 23.7. The lowest BCUT2D eigenvalue weighted by molar-refractivity contribution is -0.140. The number of para-hydroxylation sites is 1. The van der Waals surface area contributed by atoms with Gasteiger partial charge in [-0.25, -0.2) is 0 Å². The SMILES string of the molecule is COCC1=C([C@H](O)CC/C(=C/c2ccccc2O)c2ccccn2)[C@H](CO)[C@@H]2C(=O)N(Cc3cccs3)C(=O)[C@@H]2C1. The van der Waals surface area contributed by atoms with Crippen LogP contribution in [0.4, 0.5) is 0 Å². The number of rotatable bonds is 11. The van der Waals surface area contributed by atoms with E-state index in [1.165, 1.54) is 16.2 Å². The van der Waals surface area contributed by atoms with E-state index in [0.717, 1.165) is 21.7 Å². The number of aliphatic hydroxyl groups is 2. The number of imide groups is 1. The molecule has 1 saturated heterocycles. The molecule has 8 nitrogen and oxygen atoms in total. The molecule has 0 radical (unpaired) electrons. The van der Waals surface area contributed by atoms with Crippen molar-refractivity contribution in [1.82, 2.24) is 9.88 Å². The van der Waals surface area contributed by atoms with E-state index in [0.29, 0.717) is 24.0 Å². The Labute approximate surface area is 243 Å². The molecule has 0 unspecified atom stereocenters. The van der Waals surface area contributed by atoms with Crippen LogP contribution in [0.1, 0.15) is 35.4 Å². The second-order valence-electron chi connectivity index (χ2n) is 10.5. The zero-order chi connectivity index (χ0) is 28.9. The van der Waals surface area contributed by atoms with Gasteiger partial charge >= 0.3 is 0 Å². The normalized spacial score (nSPS) is 21.9. The van der Waals surface area contributed by atoms with Crippen LogP contribution >= 0.6 is 11.3 Å². The Balaban J connectivity index is 1.42. The van der Waals surface area contributed by atoms with E-state index >= 15 is 0 Å². The Hall–Kier alpha value is -3.63. The van der Waals surface area contributed by atoms with Crippen LogP contribution in [0.5, 0.6) is 5.75 Å². The second kappa shape index (κ2) is 12.9. The Morgan fingerprint density at radius 1 is 1.15 bits per heavy atom. The number of fused-ring (bicyclic) bond motifs is 1. The summed E-state index contributed by atoms with van der Waals surface area (Å²) in [5.41, 5.74) is 3.51. The maximum atomic E-state index is 13.6. The molecule has 0 bridgehead atoms. The number of thiophene rings is 1. The van der Waals surface area contributed by atoms with E-state index in [9.17, 15) is 24.9 Å². The fourth-order valence-electron chi connectivity index (χ4n) is 6.12. The van der Waals surface area contributed by atoms with Crippen molar-refractivity contribution in [1.29, 1.82) is 0 Å². The predicted molar refractivity (Wildman–Crippen MR) is 156 cm³/mol. The van der Waals surface area contributed by atoms with Crippen molar-refractivity contribution in [3.8, 4) is 5.75 Å². The van der Waals surface area contributed by atoms with Gasteiger partial charge < -0.3 is 20.1 Å². The molecule has 3 N–H and O–H groups in total. The maximum absolute atomic E-state index is 13.6. The average Bonchev–Trinajstić information content (AvgIpc) is 3.59. The highest BCUT2D eigenvalue weighted by Gasteiger charge is 2.54. The number of phenolic OH excluding ortho intramolecular Hbond substituents is 1. The van der Waals surface area contributed by atoms with Crippen LogP contribution in [0.2, 0.25) is 0 Å². The highest BCUT2D eigenvalue weighted by Crippen LogP contribution is 2.47. The Morgan fingerprint density at radius 2 is 1.95 bits per heavy atom. The van der Waals surface area contributed by atoms with Crippen LogP contribution < -0.4 is 0 Å². The number of amides is 2. The third-order valence-corrected chi connectivity index (χ3v) is 8.85. The Kier molecular flexibility index (Phi) is 9.09. The van der Waals surface area contributed by atoms with Gasteiger partial charge in [-0.1, -0.05) is 30.3 Å². The van der Waals surface area contributed by atoms with Crippen LogP contribution in [0.15, 0.2) is 77.3 Å². The molecule has 3 aromatic rings. The monoisotopic (exact) mass is 574 g/mol. The molecule has 1 aliphatic carbocycles. The summed E-state index contributed by atoms with van der Waals surface area (Å²) in [5.74, 6) is -2.42. The Morgan fingerprint density at radius 3 is 2.63 bits per heavy atom. The molecule has 1 aliphatic heterocycles. The molecule has 0 saturated carbocycles. The number of carbonyl (C=O) groups is 2. The number of benzene rings is 1. The lowest BCUT2D eigenvalue weighted by Crippen LogP contribution is -2.39. The number of aromatic hydroxyl groups is 1. The van der Waals surface area contributed by atoms with Crippen molar-refractivity contribution in [3.05, 3.63) is 93.5 Å². The molecule has 5 rings (SSSR count). The molecule has 41 heavy (non-hydrogen) atoms. The molecular formula is C32H34N2O6S. The summed E-state index contributed by atoms with van der Waals surface area (Å²) in [5, 5.41) is 34.4. The van der Waals surface area contributed by atoms with E-state index in [2.05, 4.69) is 4.98 Å². The zero-order valence-electron chi connectivity index (χ0n) is 22.8. The molecule has 214 valence electrons. The topological polar surface area (TPSA) is 120 Å². The lowest BCUT2D eigenvalue weighted by atomic mass is 9.68. The first-order chi connectivity index (χ1) is 19.9. The number of hydrogen-bond acceptors (Lipinski definition) is 8. The van der Waals surface area contributed by atoms with Crippen molar-refractivity contribution in [2.24, 2.45) is 17.8 Å². The number of aliphatic hydroxyl groups excluding tert-OH is 2. The van der Waals surface area contributed by atoms with Crippen LogP contribution in [-0.4, -0.2) is 63.4 Å². The van der Waals surface area contributed by atoms with Crippen LogP contribution in [0.25, 0.3) is 11.6 Å². The molecule has 2 aliphatic rings. The third-order valence-electron chi connectivity index (χ3n) is 7.99. The van der Waals surface area contributed by atoms with Gasteiger partial charge in [-0.15, -0.1) is 11.3 Å². The molecule has 3 heterocycles. The first-order valence-corrected chi connectivity index (χ1v) is 14.6. The van der Waals surface area contributed by atoms with Gasteiger partial charge in [0, 0.05) is 29.7 Å². The number of nitrogens with zero attached hydrogens (tertiary/aromatic N) is 2. The average molecular weight is 575 g/mol. The fraction of sp³-hybridized carbons (Fsp3) is 0.344. The minimum absolute atomic E-state index is 0.141. The summed E-state index contributed by atoms with van der Waals surface area (Å²) in [6, 6.07) is 16.4. The minimum Gasteiger partial charge on any atom is -0.507 e. The fourth-order valence-corrected chi connectivity index (χ4v) is 6.81. The van der Waals surface area contributed by atoms with Gasteiger partial charge in [0.15, 0.2) is 0 Å². The van der Waals surface area contributed by atoms with E-state index < -0.39 is 23.9 Å². The standard InChI is InChI=1S/C32H34N2O6S/c1-40-19-22-16-24-30(32(39)34(31(24)38)17-23-8-6-14-41-23)25(18-35)29(22)28(37)12-11-20(26-9-4-5-13-33-26)15-21-7-2-3-10-27(21)36/h2-10,13-15,24-25,28,30,35-37H,11-12,16-19H2,1H3/b20-15-/t24-,25+,28-,30-/m1/s1. The molecule has 4 atom stereocenters. The van der Waals surface area contributed by atoms with Gasteiger partial charge in [0.2, 0.25) is 11.8 Å². The highest BCUT2D eigenvalue weighted by atomic mass is 32.1. The molecule has 9 heteroatoms. The molecule has 1 aromatic carbocycles. The molecule has 2 aromatic heterocycles. The van der Waals surface area contributed by atoms with Crippen molar-refractivity contribution in [2.45, 2.75) is 31.9 Å². The van der Waals surface area contributed by atoms with Crippen LogP contribution in [0.3, 0.4) is 0 Å². The first-order valence-electron chi connectivity index (χ1n) is 13.7. The van der Waals surface area contributed by atoms with E-state index in [1.54, 1.807) is 25.4 Å². The number of pyridine rings is 1. The largest absolute Gasteiger partial charge is 0.507 e. The third kappa shape index (κ3) is 6.04. The van der Waals surface area contributed by atoms with Gasteiger partial charge in [0.05, 0.1) is 43.4 Å². The Bertz CT molecular complexity index is 1440. The van der Waals surface area contributed by atoms with Gasteiger partial charge in [-0.05, 0) is 71.7 Å². The predicted octanol–water partition coefficient (Wildman–Crippen LogP) is 4.29. The molecule has 0 spiro atoms. The number of aromatic nitrogens is 1. The van der Waals surface area contributed by atoms with Crippen molar-refractivity contribution in [3.63, 3.8) is 0 Å². The minimum atomic E-state index is -0.982. The lowest BCUT2D eigenvalue weighted by Gasteiger charge is -2.36. The summed E-state index contributed by atoms with van der Waals surface area (Å²) in [6.45, 7) is 0.0370. The summed E-state index contributed by atoms with van der Waals surface area (Å²) in [6.07, 6.45) is 3.57. The van der Waals surface area contributed by atoms with Gasteiger partial charge in [0.1, 0.15) is 5.75 Å². The van der Waals surface area contributed by atoms with Crippen molar-refractivity contribution in [2.75, 3.05) is 20.3 Å². The van der Waals surface area contributed by atoms with Crippen LogP contribution in [-0.2, 0) is 20.9 Å². The van der Waals surface area contributed by atoms with Crippen LogP contribution in [0, 0.1) is 17.8 Å². The summed E-state index contributed by atoms with van der Waals surface area (Å²) >= 11 is 1.48. The van der Waals surface area contributed by atoms with Gasteiger partial charge in [0.25, 0.3) is 0 Å². The number of hydrogen-bond donors (Lipinski definition) is 3. The molecule has 2 amide bonds. The summed E-state index contributed by atoms with van der Waals surface area (Å²) < 4.78 is 5.46. The molecular weight excluding hydrogens is 540 g/mol. The van der Waals surface area contributed by atoms with Gasteiger partial charge in [-0.2, -0.15) is 0 Å². The first kappa shape index (κ1) is 28.9. The number of carbonyl (C=O) groups excluding carboxylic acids is 2. The van der Waals surface area contributed by atoms with Crippen molar-refractivity contribution < 1.29 is 29.6 Å². The van der Waals surface area contributed by atoms with Gasteiger partial charge in [-0.3, -0.25) is 19.5 Å². The smallest absolute Gasteiger partial charge is 0.234 e. The summed E-state index contributed by atoms with van der Waals surface area (Å²) in [4.78, 5) is 33.7. The number of likely N-dealkylation sites (tertiary alicyclic amines) is 1. The summed E-state index contributed by atoms with van der Waals surface area (Å²) in [7, 11) is 1.55. The number of allylic oxidation sites excluding steroid dienone is 1. The number of methoxy groups -OCH3 is 1. The second-order valence-corrected chi connectivity index (χ2v) is 11.5. The number of phenols is 1. The van der Waals surface area contributed by atoms with Crippen molar-refractivity contribution >= 4 is 34.8 Å². The highest BCUT2D eigenvalue weighted by molar-refractivity contribution is 7.09. The number of ether oxygens (including phenoxy) is 1. The maximum Gasteiger partial charge on any atom is 0.234 e. The van der Waals surface area contributed by atoms with E-state index in [4.69, 9.17) is 4.74 Å². The quantitative estimate of drug-likeness (QED) is 0.231. The van der Waals surface area contributed by atoms with E-state index in [-0.39, 0.29) is 43.7 Å². The van der Waals surface area contributed by atoms with E-state index in [1.807, 2.05) is 53.9 Å². The molecule has 1 fully saturated rings.